The van der Waals surface area contributed by atoms with Crippen LogP contribution in [0.1, 0.15) is 0 Å². The number of ether oxygens (including phenoxy) is 1. The van der Waals surface area contributed by atoms with Gasteiger partial charge in [-0.25, -0.2) is 0 Å². The predicted molar refractivity (Wildman–Crippen MR) is 257 cm³/mol. The molecule has 0 aliphatic heterocycles. The number of hydrogen-bond donors (Lipinski definition) is 1. The first-order valence-electron chi connectivity index (χ1n) is 20.0. The molecule has 1 N–H and O–H groups in total. The van der Waals surface area contributed by atoms with E-state index >= 15 is 0 Å². The highest BCUT2D eigenvalue weighted by atomic mass is 31.2. The molecular weight excluding hydrogens is 785 g/mol. The summed E-state index contributed by atoms with van der Waals surface area (Å²) >= 11 is 0. The van der Waals surface area contributed by atoms with Gasteiger partial charge in [0, 0.05) is 0 Å². The van der Waals surface area contributed by atoms with Crippen LogP contribution in [0, 0.1) is 0 Å². The number of benzene rings is 9. The van der Waals surface area contributed by atoms with E-state index in [1.165, 1.54) is 42.4 Å². The van der Waals surface area contributed by atoms with Gasteiger partial charge in [-0.1, -0.05) is 158 Å². The van der Waals surface area contributed by atoms with E-state index in [9.17, 15) is 0 Å². The smallest absolute Gasteiger partial charge is 0.170 e. The SMILES string of the molecule is [O-]B([O-])O.c1ccc(Oc2ccccc2[P+](c2ccccc2)(c2ccccc2)c2ccccc2)cc1.c1ccc([P+](c2ccccc2)(c2ccccc2)c2ccccc2)cc1. The summed E-state index contributed by atoms with van der Waals surface area (Å²) in [5, 5.41) is 34.7. The molecule has 0 aliphatic rings. The Bertz CT molecular complexity index is 2360. The Morgan fingerprint density at radius 1 is 0.295 bits per heavy atom. The monoisotopic (exact) mass is 830 g/mol. The second-order valence-electron chi connectivity index (χ2n) is 13.9. The Balaban J connectivity index is 0.000000174. The zero-order chi connectivity index (χ0) is 42.2. The summed E-state index contributed by atoms with van der Waals surface area (Å²) in [5.41, 5.74) is 0. The molecule has 0 bridgehead atoms. The molecule has 0 aliphatic carbocycles. The fraction of sp³-hybridized carbons (Fsp3) is 0. The first-order valence-corrected chi connectivity index (χ1v) is 23.6. The number of para-hydroxylation sites is 2. The van der Waals surface area contributed by atoms with Gasteiger partial charge in [-0.15, -0.1) is 0 Å². The Kier molecular flexibility index (Phi) is 14.8. The van der Waals surface area contributed by atoms with Gasteiger partial charge >= 0.3 is 0 Å². The average Bonchev–Trinajstić information content (AvgIpc) is 3.33. The predicted octanol–water partition coefficient (Wildman–Crippen LogP) is 7.09. The lowest BCUT2D eigenvalue weighted by molar-refractivity contribution is -0.376. The van der Waals surface area contributed by atoms with E-state index < -0.39 is 21.8 Å². The summed E-state index contributed by atoms with van der Waals surface area (Å²) in [6, 6.07) is 95.0. The number of rotatable bonds is 10. The molecule has 61 heavy (non-hydrogen) atoms. The summed E-state index contributed by atoms with van der Waals surface area (Å²) in [4.78, 5) is 0. The van der Waals surface area contributed by atoms with Crippen molar-refractivity contribution in [1.82, 2.24) is 0 Å². The molecule has 9 aromatic rings. The first kappa shape index (κ1) is 42.7. The molecule has 0 saturated heterocycles. The summed E-state index contributed by atoms with van der Waals surface area (Å²) in [6.07, 6.45) is 0. The molecule has 0 radical (unpaired) electrons. The topological polar surface area (TPSA) is 75.6 Å². The van der Waals surface area contributed by atoms with Gasteiger partial charge in [-0.2, -0.15) is 0 Å². The van der Waals surface area contributed by atoms with Crippen LogP contribution in [0.2, 0.25) is 0 Å². The van der Waals surface area contributed by atoms with Crippen LogP contribution in [0.15, 0.2) is 267 Å². The molecule has 0 aromatic heterocycles. The average molecular weight is 831 g/mol. The molecule has 0 amide bonds. The van der Waals surface area contributed by atoms with Crippen molar-refractivity contribution in [2.24, 2.45) is 0 Å². The van der Waals surface area contributed by atoms with E-state index in [4.69, 9.17) is 19.8 Å². The second-order valence-corrected chi connectivity index (χ2v) is 20.7. The van der Waals surface area contributed by atoms with Gasteiger partial charge in [0.1, 0.15) is 57.4 Å². The lowest BCUT2D eigenvalue weighted by Gasteiger charge is -2.28. The van der Waals surface area contributed by atoms with Crippen molar-refractivity contribution >= 4 is 64.3 Å². The molecule has 0 fully saturated rings. The molecule has 7 heteroatoms. The lowest BCUT2D eigenvalue weighted by atomic mass is 10.3. The van der Waals surface area contributed by atoms with Gasteiger partial charge in [0.25, 0.3) is 0 Å². The minimum atomic E-state index is -2.67. The van der Waals surface area contributed by atoms with Crippen LogP contribution in [0.3, 0.4) is 0 Å². The summed E-state index contributed by atoms with van der Waals surface area (Å²) in [7, 11) is -6.78. The van der Waals surface area contributed by atoms with Crippen molar-refractivity contribution in [2.75, 3.05) is 0 Å². The van der Waals surface area contributed by atoms with Crippen LogP contribution in [0.5, 0.6) is 11.5 Å². The van der Waals surface area contributed by atoms with Crippen molar-refractivity contribution in [2.45, 2.75) is 0 Å². The van der Waals surface area contributed by atoms with E-state index in [0.717, 1.165) is 11.5 Å². The van der Waals surface area contributed by atoms with Gasteiger partial charge < -0.3 is 19.8 Å². The first-order chi connectivity index (χ1) is 30.0. The van der Waals surface area contributed by atoms with E-state index in [1.807, 2.05) is 30.3 Å². The molecule has 0 unspecified atom stereocenters. The van der Waals surface area contributed by atoms with Crippen molar-refractivity contribution in [1.29, 1.82) is 0 Å². The zero-order valence-electron chi connectivity index (χ0n) is 33.5. The third-order valence-electron chi connectivity index (χ3n) is 10.2. The largest absolute Gasteiger partial charge is 0.871 e. The van der Waals surface area contributed by atoms with Crippen molar-refractivity contribution in [3.63, 3.8) is 0 Å². The quantitative estimate of drug-likeness (QED) is 0.118. The summed E-state index contributed by atoms with van der Waals surface area (Å²) < 4.78 is 6.51. The van der Waals surface area contributed by atoms with Crippen LogP contribution >= 0.6 is 14.5 Å². The Hall–Kier alpha value is -6.42. The Labute approximate surface area is 360 Å². The minimum absolute atomic E-state index is 0.840. The standard InChI is InChI=1S/C30H24OP.C24H20P.BHO3/c1-5-15-25(16-6-1)31-29-23-13-14-24-30(29)32(26-17-7-2-8-18-26,27-19-9-3-10-20-27)28-21-11-4-12-22-28;1-5-13-21(14-6-1)25(22-15-7-2-8-16-22,23-17-9-3-10-18-23)24-19-11-4-12-20-24;2-1(3)4/h1-24H;1-20H;2H/q2*+1;-2. The van der Waals surface area contributed by atoms with Crippen molar-refractivity contribution < 1.29 is 19.8 Å². The summed E-state index contributed by atoms with van der Waals surface area (Å²) in [6.45, 7) is 0. The maximum absolute atomic E-state index is 8.53. The van der Waals surface area contributed by atoms with Crippen molar-refractivity contribution in [3.8, 4) is 11.5 Å². The van der Waals surface area contributed by atoms with E-state index in [0.29, 0.717) is 0 Å². The van der Waals surface area contributed by atoms with E-state index in [1.54, 1.807) is 0 Å². The second kappa shape index (κ2) is 21.2. The normalized spacial score (nSPS) is 10.9. The van der Waals surface area contributed by atoms with E-state index in [2.05, 4.69) is 237 Å². The third kappa shape index (κ3) is 9.81. The number of hydrogen-bond acceptors (Lipinski definition) is 4. The highest BCUT2D eigenvalue weighted by Crippen LogP contribution is 2.56. The molecule has 4 nitrogen and oxygen atoms in total. The molecule has 298 valence electrons. The molecule has 9 rings (SSSR count). The lowest BCUT2D eigenvalue weighted by Crippen LogP contribution is -2.44. The third-order valence-corrected chi connectivity index (χ3v) is 18.8. The fourth-order valence-electron chi connectivity index (χ4n) is 7.76. The fourth-order valence-corrected chi connectivity index (χ4v) is 16.4. The van der Waals surface area contributed by atoms with Crippen molar-refractivity contribution in [3.05, 3.63) is 267 Å². The van der Waals surface area contributed by atoms with Gasteiger partial charge in [0.15, 0.2) is 11.1 Å². The van der Waals surface area contributed by atoms with Gasteiger partial charge in [0.2, 0.25) is 0 Å². The molecule has 0 spiro atoms. The summed E-state index contributed by atoms with van der Waals surface area (Å²) in [5.74, 6) is 1.73. The maximum Gasteiger partial charge on any atom is 0.170 e. The highest BCUT2D eigenvalue weighted by molar-refractivity contribution is 8.02. The van der Waals surface area contributed by atoms with Crippen LogP contribution in [-0.4, -0.2) is 12.3 Å². The molecule has 9 aromatic carbocycles. The molecule has 0 heterocycles. The Morgan fingerprint density at radius 3 is 0.787 bits per heavy atom. The van der Waals surface area contributed by atoms with Crippen LogP contribution < -0.4 is 57.2 Å². The molecule has 0 saturated carbocycles. The van der Waals surface area contributed by atoms with E-state index in [-0.39, 0.29) is 0 Å². The molecule has 0 atom stereocenters. The van der Waals surface area contributed by atoms with Gasteiger partial charge in [-0.3, -0.25) is 0 Å². The van der Waals surface area contributed by atoms with Gasteiger partial charge in [-0.05, 0) is 109 Å². The zero-order valence-corrected chi connectivity index (χ0v) is 35.3. The Morgan fingerprint density at radius 2 is 0.508 bits per heavy atom. The van der Waals surface area contributed by atoms with Crippen LogP contribution in [0.25, 0.3) is 0 Å². The highest BCUT2D eigenvalue weighted by Gasteiger charge is 2.50. The minimum Gasteiger partial charge on any atom is -0.871 e. The van der Waals surface area contributed by atoms with Crippen LogP contribution in [0.4, 0.5) is 0 Å². The molecular formula is C54H45BO4P2. The van der Waals surface area contributed by atoms with Crippen LogP contribution in [-0.2, 0) is 0 Å². The van der Waals surface area contributed by atoms with Gasteiger partial charge in [0.05, 0.1) is 7.32 Å². The maximum atomic E-state index is 8.53.